The fourth-order valence-electron chi connectivity index (χ4n) is 4.93. The van der Waals surface area contributed by atoms with Crippen LogP contribution in [0.3, 0.4) is 0 Å². The van der Waals surface area contributed by atoms with E-state index in [1.54, 1.807) is 24.3 Å². The Labute approximate surface area is 235 Å². The third-order valence-corrected chi connectivity index (χ3v) is 7.88. The molecule has 0 radical (unpaired) electrons. The second-order valence-corrected chi connectivity index (χ2v) is 10.5. The quantitative estimate of drug-likeness (QED) is 0.253. The number of ether oxygens (including phenoxy) is 1. The lowest BCUT2D eigenvalue weighted by Gasteiger charge is -2.26. The number of anilines is 1. The molecular weight excluding hydrogens is 556 g/mol. The van der Waals surface area contributed by atoms with Gasteiger partial charge >= 0.3 is 6.03 Å². The SMILES string of the molecule is CC1=CC(/C=C2\C(=O)NC(=O)N(c3ccc(Br)c(C)c3)C2=O)=C(C)[C@H]1c1ccc(OCc2ccccc2)cc1. The van der Waals surface area contributed by atoms with E-state index in [9.17, 15) is 14.4 Å². The zero-order chi connectivity index (χ0) is 27.7. The third kappa shape index (κ3) is 5.36. The summed E-state index contributed by atoms with van der Waals surface area (Å²) in [5, 5.41) is 2.31. The Morgan fingerprint density at radius 1 is 0.949 bits per heavy atom. The molecule has 1 aliphatic heterocycles. The fraction of sp³-hybridized carbons (Fsp3) is 0.156. The van der Waals surface area contributed by atoms with Crippen molar-refractivity contribution in [2.45, 2.75) is 33.3 Å². The van der Waals surface area contributed by atoms with Gasteiger partial charge in [0, 0.05) is 10.4 Å². The van der Waals surface area contributed by atoms with Gasteiger partial charge in [-0.3, -0.25) is 14.9 Å². The molecule has 7 heteroatoms. The van der Waals surface area contributed by atoms with Crippen molar-refractivity contribution in [1.82, 2.24) is 5.32 Å². The Bertz CT molecular complexity index is 1570. The van der Waals surface area contributed by atoms with E-state index >= 15 is 0 Å². The number of benzene rings is 3. The van der Waals surface area contributed by atoms with Crippen LogP contribution < -0.4 is 15.0 Å². The minimum absolute atomic E-state index is 0.00800. The van der Waals surface area contributed by atoms with Gasteiger partial charge in [-0.25, -0.2) is 9.69 Å². The largest absolute Gasteiger partial charge is 0.489 e. The number of hydrogen-bond acceptors (Lipinski definition) is 4. The molecule has 2 aliphatic rings. The fourth-order valence-corrected chi connectivity index (χ4v) is 5.18. The van der Waals surface area contributed by atoms with Crippen molar-refractivity contribution in [3.05, 3.63) is 128 Å². The average Bonchev–Trinajstić information content (AvgIpc) is 3.20. The van der Waals surface area contributed by atoms with Crippen molar-refractivity contribution in [1.29, 1.82) is 0 Å². The Balaban J connectivity index is 1.38. The molecular formula is C32H27BrN2O4. The number of amides is 4. The molecule has 1 aliphatic carbocycles. The number of nitrogens with zero attached hydrogens (tertiary/aromatic N) is 1. The van der Waals surface area contributed by atoms with Crippen LogP contribution in [0.4, 0.5) is 10.5 Å². The summed E-state index contributed by atoms with van der Waals surface area (Å²) in [5.41, 5.74) is 6.25. The summed E-state index contributed by atoms with van der Waals surface area (Å²) in [6.45, 7) is 6.39. The van der Waals surface area contributed by atoms with Crippen LogP contribution in [0, 0.1) is 6.92 Å². The molecule has 4 amide bonds. The van der Waals surface area contributed by atoms with Gasteiger partial charge < -0.3 is 4.74 Å². The topological polar surface area (TPSA) is 75.7 Å². The highest BCUT2D eigenvalue weighted by Crippen LogP contribution is 2.41. The van der Waals surface area contributed by atoms with E-state index in [2.05, 4.69) is 21.2 Å². The number of imide groups is 2. The van der Waals surface area contributed by atoms with E-state index in [0.29, 0.717) is 12.3 Å². The molecule has 1 saturated heterocycles. The van der Waals surface area contributed by atoms with Crippen LogP contribution in [-0.4, -0.2) is 17.8 Å². The number of urea groups is 1. The lowest BCUT2D eigenvalue weighted by Crippen LogP contribution is -2.54. The number of allylic oxidation sites excluding steroid dienone is 5. The number of halogens is 1. The molecule has 0 spiro atoms. The van der Waals surface area contributed by atoms with E-state index < -0.39 is 17.8 Å². The Hall–Kier alpha value is -4.23. The second kappa shape index (κ2) is 10.9. The van der Waals surface area contributed by atoms with Gasteiger partial charge in [0.05, 0.1) is 5.69 Å². The Morgan fingerprint density at radius 2 is 1.67 bits per heavy atom. The lowest BCUT2D eigenvalue weighted by molar-refractivity contribution is -0.122. The van der Waals surface area contributed by atoms with Gasteiger partial charge in [0.2, 0.25) is 0 Å². The molecule has 1 fully saturated rings. The van der Waals surface area contributed by atoms with Crippen molar-refractivity contribution >= 4 is 39.5 Å². The van der Waals surface area contributed by atoms with Crippen molar-refractivity contribution in [2.24, 2.45) is 0 Å². The number of nitrogens with one attached hydrogen (secondary N) is 1. The highest BCUT2D eigenvalue weighted by atomic mass is 79.9. The highest BCUT2D eigenvalue weighted by molar-refractivity contribution is 9.10. The molecule has 0 saturated carbocycles. The molecule has 3 aromatic rings. The zero-order valence-corrected chi connectivity index (χ0v) is 23.4. The van der Waals surface area contributed by atoms with Gasteiger partial charge in [0.1, 0.15) is 17.9 Å². The Morgan fingerprint density at radius 3 is 2.36 bits per heavy atom. The predicted molar refractivity (Wildman–Crippen MR) is 154 cm³/mol. The van der Waals surface area contributed by atoms with Gasteiger partial charge in [0.25, 0.3) is 11.8 Å². The van der Waals surface area contributed by atoms with E-state index in [0.717, 1.165) is 48.5 Å². The lowest BCUT2D eigenvalue weighted by atomic mass is 9.89. The normalized spacial score (nSPS) is 18.5. The monoisotopic (exact) mass is 582 g/mol. The second-order valence-electron chi connectivity index (χ2n) is 9.69. The molecule has 0 bridgehead atoms. The van der Waals surface area contributed by atoms with Gasteiger partial charge in [0.15, 0.2) is 0 Å². The number of carbonyl (C=O) groups is 3. The van der Waals surface area contributed by atoms with Crippen molar-refractivity contribution in [3.8, 4) is 5.75 Å². The average molecular weight is 583 g/mol. The third-order valence-electron chi connectivity index (χ3n) is 6.99. The number of carbonyl (C=O) groups excluding carboxylic acids is 3. The van der Waals surface area contributed by atoms with Gasteiger partial charge in [-0.05, 0) is 79.4 Å². The molecule has 0 unspecified atom stereocenters. The van der Waals surface area contributed by atoms with Gasteiger partial charge in [-0.15, -0.1) is 0 Å². The summed E-state index contributed by atoms with van der Waals surface area (Å²) in [6, 6.07) is 22.4. The molecule has 1 atom stereocenters. The van der Waals surface area contributed by atoms with Crippen LogP contribution in [-0.2, 0) is 16.2 Å². The maximum absolute atomic E-state index is 13.4. The molecule has 1 heterocycles. The first-order valence-corrected chi connectivity index (χ1v) is 13.4. The van der Waals surface area contributed by atoms with Crippen molar-refractivity contribution in [3.63, 3.8) is 0 Å². The van der Waals surface area contributed by atoms with E-state index in [-0.39, 0.29) is 11.5 Å². The van der Waals surface area contributed by atoms with E-state index in [4.69, 9.17) is 4.74 Å². The summed E-state index contributed by atoms with van der Waals surface area (Å²) in [5.74, 6) is -0.567. The Kier molecular flexibility index (Phi) is 7.35. The smallest absolute Gasteiger partial charge is 0.335 e. The molecule has 1 N–H and O–H groups in total. The van der Waals surface area contributed by atoms with E-state index in [1.807, 2.05) is 81.4 Å². The summed E-state index contributed by atoms with van der Waals surface area (Å²) >= 11 is 3.43. The molecule has 196 valence electrons. The van der Waals surface area contributed by atoms with Crippen molar-refractivity contribution in [2.75, 3.05) is 4.90 Å². The number of hydrogen-bond donors (Lipinski definition) is 1. The standard InChI is InChI=1S/C32H27BrN2O4/c1-19-16-25(11-14-28(19)33)35-31(37)27(30(36)34-32(35)38)17-24-15-20(2)29(21(24)3)23-9-12-26(13-10-23)39-18-22-7-5-4-6-8-22/h4-17,29H,18H2,1-3H3,(H,34,36,38)/b27-17+/t29-/m0/s1. The van der Waals surface area contributed by atoms with Crippen LogP contribution >= 0.6 is 15.9 Å². The minimum Gasteiger partial charge on any atom is -0.489 e. The minimum atomic E-state index is -0.764. The number of aryl methyl sites for hydroxylation is 1. The van der Waals surface area contributed by atoms with E-state index in [1.165, 1.54) is 0 Å². The molecule has 3 aromatic carbocycles. The highest BCUT2D eigenvalue weighted by Gasteiger charge is 2.37. The number of barbiturate groups is 1. The predicted octanol–water partition coefficient (Wildman–Crippen LogP) is 6.91. The summed E-state index contributed by atoms with van der Waals surface area (Å²) in [6.07, 6.45) is 3.57. The summed E-state index contributed by atoms with van der Waals surface area (Å²) < 4.78 is 6.78. The van der Waals surface area contributed by atoms with Crippen LogP contribution in [0.2, 0.25) is 0 Å². The van der Waals surface area contributed by atoms with Crippen LogP contribution in [0.1, 0.15) is 36.5 Å². The van der Waals surface area contributed by atoms with Crippen LogP contribution in [0.25, 0.3) is 0 Å². The van der Waals surface area contributed by atoms with Crippen LogP contribution in [0.5, 0.6) is 5.75 Å². The van der Waals surface area contributed by atoms with Crippen molar-refractivity contribution < 1.29 is 19.1 Å². The zero-order valence-electron chi connectivity index (χ0n) is 21.8. The number of rotatable bonds is 6. The first kappa shape index (κ1) is 26.4. The van der Waals surface area contributed by atoms with Gasteiger partial charge in [-0.2, -0.15) is 0 Å². The van der Waals surface area contributed by atoms with Gasteiger partial charge in [-0.1, -0.05) is 75.6 Å². The molecule has 5 rings (SSSR count). The summed E-state index contributed by atoms with van der Waals surface area (Å²) in [4.78, 5) is 39.7. The first-order valence-electron chi connectivity index (χ1n) is 12.6. The maximum Gasteiger partial charge on any atom is 0.335 e. The van der Waals surface area contributed by atoms with Crippen LogP contribution in [0.15, 0.2) is 112 Å². The molecule has 0 aromatic heterocycles. The summed E-state index contributed by atoms with van der Waals surface area (Å²) in [7, 11) is 0. The first-order chi connectivity index (χ1) is 18.7. The maximum atomic E-state index is 13.4. The molecule has 6 nitrogen and oxygen atoms in total. The molecule has 39 heavy (non-hydrogen) atoms.